The lowest BCUT2D eigenvalue weighted by Gasteiger charge is -2.22. The lowest BCUT2D eigenvalue weighted by molar-refractivity contribution is -0.136. The van der Waals surface area contributed by atoms with Crippen molar-refractivity contribution in [3.05, 3.63) is 99.6 Å². The molecule has 3 aromatic rings. The van der Waals surface area contributed by atoms with Crippen LogP contribution in [0, 0.1) is 31.1 Å². The topological polar surface area (TPSA) is 99.4 Å². The molecule has 0 heterocycles. The summed E-state index contributed by atoms with van der Waals surface area (Å²) in [5.41, 5.74) is 5.83. The fourth-order valence-corrected chi connectivity index (χ4v) is 4.40. The van der Waals surface area contributed by atoms with Crippen molar-refractivity contribution in [2.75, 3.05) is 0 Å². The van der Waals surface area contributed by atoms with E-state index >= 15 is 0 Å². The second kappa shape index (κ2) is 12.7. The van der Waals surface area contributed by atoms with E-state index in [1.165, 1.54) is 0 Å². The summed E-state index contributed by atoms with van der Waals surface area (Å²) in [7, 11) is 0. The summed E-state index contributed by atoms with van der Waals surface area (Å²) in [6, 6.07) is 20.5. The Morgan fingerprint density at radius 1 is 1.00 bits per heavy atom. The third kappa shape index (κ3) is 8.50. The fourth-order valence-electron chi connectivity index (χ4n) is 4.40. The van der Waals surface area contributed by atoms with E-state index in [-0.39, 0.29) is 25.0 Å². The van der Waals surface area contributed by atoms with E-state index in [1.54, 1.807) is 36.4 Å². The van der Waals surface area contributed by atoms with Gasteiger partial charge >= 0.3 is 5.97 Å². The van der Waals surface area contributed by atoms with E-state index in [1.807, 2.05) is 6.07 Å². The number of rotatable bonds is 11. The molecule has 0 fully saturated rings. The second-order valence-corrected chi connectivity index (χ2v) is 9.94. The van der Waals surface area contributed by atoms with Crippen molar-refractivity contribution in [1.82, 2.24) is 5.32 Å². The molecule has 1 atom stereocenters. The maximum atomic E-state index is 13.5. The third-order valence-electron chi connectivity index (χ3n) is 5.97. The predicted molar refractivity (Wildman–Crippen MR) is 143 cm³/mol. The molecule has 0 aromatic heterocycles. The molecule has 0 spiro atoms. The van der Waals surface area contributed by atoms with Gasteiger partial charge in [-0.25, -0.2) is 0 Å². The van der Waals surface area contributed by atoms with E-state index in [2.05, 4.69) is 57.3 Å². The number of carbonyl (C=O) groups excluding carboxylic acids is 1. The highest BCUT2D eigenvalue weighted by Crippen LogP contribution is 2.25. The highest BCUT2D eigenvalue weighted by atomic mass is 16.5. The van der Waals surface area contributed by atoms with Gasteiger partial charge in [-0.3, -0.25) is 9.59 Å². The Morgan fingerprint density at radius 3 is 2.35 bits per heavy atom. The lowest BCUT2D eigenvalue weighted by atomic mass is 9.94. The van der Waals surface area contributed by atoms with E-state index in [0.717, 1.165) is 34.2 Å². The zero-order chi connectivity index (χ0) is 26.9. The summed E-state index contributed by atoms with van der Waals surface area (Å²) in [6.07, 6.45) is 1.06. The molecule has 1 unspecified atom stereocenters. The minimum atomic E-state index is -0.896. The number of nitriles is 1. The van der Waals surface area contributed by atoms with Crippen LogP contribution in [0.3, 0.4) is 0 Å². The molecule has 2 N–H and O–H groups in total. The van der Waals surface area contributed by atoms with Crippen LogP contribution in [0.2, 0.25) is 0 Å². The van der Waals surface area contributed by atoms with Crippen LogP contribution in [0.5, 0.6) is 5.75 Å². The van der Waals surface area contributed by atoms with Crippen LogP contribution < -0.4 is 10.1 Å². The van der Waals surface area contributed by atoms with Crippen LogP contribution in [0.25, 0.3) is 0 Å². The first-order chi connectivity index (χ1) is 17.6. The Hall–Kier alpha value is -4.11. The monoisotopic (exact) mass is 498 g/mol. The number of carboxylic acids is 1. The van der Waals surface area contributed by atoms with Gasteiger partial charge in [0.2, 0.25) is 0 Å². The van der Waals surface area contributed by atoms with Crippen molar-refractivity contribution >= 4 is 11.9 Å². The molecule has 3 aromatic carbocycles. The van der Waals surface area contributed by atoms with Gasteiger partial charge in [0.15, 0.2) is 0 Å². The van der Waals surface area contributed by atoms with Gasteiger partial charge in [-0.05, 0) is 79.6 Å². The Balaban J connectivity index is 1.87. The number of amides is 1. The summed E-state index contributed by atoms with van der Waals surface area (Å²) >= 11 is 0. The third-order valence-corrected chi connectivity index (χ3v) is 5.97. The smallest absolute Gasteiger partial charge is 0.303 e. The zero-order valence-electron chi connectivity index (χ0n) is 21.9. The standard InChI is InChI=1S/C31H34N2O4/c1-20(2)10-29(26-12-21(3)11-22(4)13-26)33-31(36)27-15-23(8-9-30(34)35)14-25(16-27)19-37-28-7-5-6-24(17-28)18-32/h5-7,11-17,20,29H,8-10,19H2,1-4H3,(H,33,36)(H,34,35). The number of benzene rings is 3. The first-order valence-electron chi connectivity index (χ1n) is 12.5. The molecule has 0 bridgehead atoms. The quantitative estimate of drug-likeness (QED) is 0.324. The predicted octanol–water partition coefficient (Wildman–Crippen LogP) is 6.29. The Bertz CT molecular complexity index is 1290. The number of nitrogens with zero attached hydrogens (tertiary/aromatic N) is 1. The van der Waals surface area contributed by atoms with Crippen LogP contribution >= 0.6 is 0 Å². The minimum Gasteiger partial charge on any atom is -0.489 e. The molecular weight excluding hydrogens is 464 g/mol. The molecule has 0 aliphatic heterocycles. The number of hydrogen-bond acceptors (Lipinski definition) is 4. The zero-order valence-corrected chi connectivity index (χ0v) is 21.9. The summed E-state index contributed by atoms with van der Waals surface area (Å²) in [6.45, 7) is 8.54. The number of ether oxygens (including phenoxy) is 1. The maximum Gasteiger partial charge on any atom is 0.303 e. The molecule has 6 nitrogen and oxygen atoms in total. The minimum absolute atomic E-state index is 0.0336. The first kappa shape index (κ1) is 27.5. The number of aryl methyl sites for hydroxylation is 3. The van der Waals surface area contributed by atoms with Gasteiger partial charge in [-0.15, -0.1) is 0 Å². The lowest BCUT2D eigenvalue weighted by Crippen LogP contribution is -2.30. The molecule has 0 aliphatic carbocycles. The fraction of sp³-hybridized carbons (Fsp3) is 0.323. The van der Waals surface area contributed by atoms with Crippen molar-refractivity contribution in [3.8, 4) is 11.8 Å². The Morgan fingerprint density at radius 2 is 1.70 bits per heavy atom. The van der Waals surface area contributed by atoms with Crippen LogP contribution in [0.1, 0.15) is 76.5 Å². The van der Waals surface area contributed by atoms with E-state index < -0.39 is 5.97 Å². The maximum absolute atomic E-state index is 13.5. The highest BCUT2D eigenvalue weighted by Gasteiger charge is 2.19. The molecule has 192 valence electrons. The van der Waals surface area contributed by atoms with Crippen LogP contribution in [0.15, 0.2) is 60.7 Å². The van der Waals surface area contributed by atoms with E-state index in [4.69, 9.17) is 15.1 Å². The summed E-state index contributed by atoms with van der Waals surface area (Å²) < 4.78 is 5.88. The van der Waals surface area contributed by atoms with Crippen molar-refractivity contribution in [2.45, 2.75) is 59.6 Å². The van der Waals surface area contributed by atoms with Gasteiger partial charge in [0.1, 0.15) is 12.4 Å². The van der Waals surface area contributed by atoms with Gasteiger partial charge in [0.05, 0.1) is 17.7 Å². The van der Waals surface area contributed by atoms with Crippen molar-refractivity contribution < 1.29 is 19.4 Å². The van der Waals surface area contributed by atoms with Crippen molar-refractivity contribution in [2.24, 2.45) is 5.92 Å². The van der Waals surface area contributed by atoms with Crippen LogP contribution in [-0.2, 0) is 17.8 Å². The number of carboxylic acid groups (broad SMARTS) is 1. The summed E-state index contributed by atoms with van der Waals surface area (Å²) in [4.78, 5) is 24.7. The molecular formula is C31H34N2O4. The Labute approximate surface area is 218 Å². The van der Waals surface area contributed by atoms with E-state index in [0.29, 0.717) is 29.2 Å². The van der Waals surface area contributed by atoms with Crippen LogP contribution in [-0.4, -0.2) is 17.0 Å². The van der Waals surface area contributed by atoms with Gasteiger partial charge < -0.3 is 15.2 Å². The van der Waals surface area contributed by atoms with Gasteiger partial charge in [-0.2, -0.15) is 5.26 Å². The van der Waals surface area contributed by atoms with Crippen LogP contribution in [0.4, 0.5) is 0 Å². The summed E-state index contributed by atoms with van der Waals surface area (Å²) in [5.74, 6) is -0.184. The second-order valence-electron chi connectivity index (χ2n) is 9.94. The number of hydrogen-bond donors (Lipinski definition) is 2. The molecule has 0 saturated carbocycles. The Kier molecular flexibility index (Phi) is 9.45. The average Bonchev–Trinajstić information content (AvgIpc) is 2.85. The molecule has 0 radical (unpaired) electrons. The molecule has 1 amide bonds. The first-order valence-corrected chi connectivity index (χ1v) is 12.5. The highest BCUT2D eigenvalue weighted by molar-refractivity contribution is 5.95. The SMILES string of the molecule is Cc1cc(C)cc(C(CC(C)C)NC(=O)c2cc(CCC(=O)O)cc(COc3cccc(C#N)c3)c2)c1. The number of carbonyl (C=O) groups is 2. The van der Waals surface area contributed by atoms with Gasteiger partial charge in [-0.1, -0.05) is 55.3 Å². The van der Waals surface area contributed by atoms with Gasteiger partial charge in [0.25, 0.3) is 5.91 Å². The molecule has 3 rings (SSSR count). The number of aliphatic carboxylic acids is 1. The molecule has 0 aliphatic rings. The molecule has 6 heteroatoms. The molecule has 37 heavy (non-hydrogen) atoms. The average molecular weight is 499 g/mol. The van der Waals surface area contributed by atoms with Crippen molar-refractivity contribution in [1.29, 1.82) is 5.26 Å². The number of nitrogens with one attached hydrogen (secondary N) is 1. The van der Waals surface area contributed by atoms with Gasteiger partial charge in [0, 0.05) is 12.0 Å². The van der Waals surface area contributed by atoms with Crippen molar-refractivity contribution in [3.63, 3.8) is 0 Å². The molecule has 0 saturated heterocycles. The normalized spacial score (nSPS) is 11.6. The summed E-state index contributed by atoms with van der Waals surface area (Å²) in [5, 5.41) is 21.5. The van der Waals surface area contributed by atoms with E-state index in [9.17, 15) is 9.59 Å². The largest absolute Gasteiger partial charge is 0.489 e.